The Balaban J connectivity index is 3.02. The fourth-order valence-corrected chi connectivity index (χ4v) is 2.34. The lowest BCUT2D eigenvalue weighted by Gasteiger charge is -2.04. The molecule has 0 aliphatic rings. The van der Waals surface area contributed by atoms with Crippen molar-refractivity contribution in [1.82, 2.24) is 0 Å². The van der Waals surface area contributed by atoms with Gasteiger partial charge in [-0.05, 0) is 28.9 Å². The minimum Gasteiger partial charge on any atom is -0.306 e. The third kappa shape index (κ3) is 14.8. The summed E-state index contributed by atoms with van der Waals surface area (Å²) < 4.78 is 15.5. The van der Waals surface area contributed by atoms with Gasteiger partial charge < -0.3 is 4.52 Å². The van der Waals surface area contributed by atoms with Gasteiger partial charge in [0.15, 0.2) is 0 Å². The molecule has 98 valence electrons. The SMILES string of the molecule is CCCCCCCCCCCOP(=O)(Cl)Cl. The van der Waals surface area contributed by atoms with E-state index in [1.807, 2.05) is 0 Å². The molecule has 0 saturated heterocycles. The Bertz CT molecular complexity index is 194. The summed E-state index contributed by atoms with van der Waals surface area (Å²) in [4.78, 5) is 0. The Kier molecular flexibility index (Phi) is 11.4. The summed E-state index contributed by atoms with van der Waals surface area (Å²) >= 11 is 10.5. The molecule has 0 aromatic carbocycles. The maximum atomic E-state index is 10.8. The maximum absolute atomic E-state index is 10.8. The van der Waals surface area contributed by atoms with Crippen LogP contribution in [0.4, 0.5) is 0 Å². The van der Waals surface area contributed by atoms with Crippen LogP contribution in [0.3, 0.4) is 0 Å². The predicted molar refractivity (Wildman–Crippen MR) is 72.5 cm³/mol. The van der Waals surface area contributed by atoms with E-state index in [2.05, 4.69) is 6.92 Å². The summed E-state index contributed by atoms with van der Waals surface area (Å²) in [7, 11) is 0. The molecule has 0 N–H and O–H groups in total. The van der Waals surface area contributed by atoms with Crippen LogP contribution in [0.5, 0.6) is 0 Å². The van der Waals surface area contributed by atoms with Gasteiger partial charge in [-0.25, -0.2) is 0 Å². The Hall–Kier alpha value is 0.770. The van der Waals surface area contributed by atoms with Gasteiger partial charge in [0.25, 0.3) is 0 Å². The summed E-state index contributed by atoms with van der Waals surface area (Å²) in [6.07, 6.45) is 7.88. The van der Waals surface area contributed by atoms with Crippen molar-refractivity contribution in [1.29, 1.82) is 0 Å². The van der Waals surface area contributed by atoms with Crippen LogP contribution in [0.25, 0.3) is 0 Å². The van der Waals surface area contributed by atoms with Gasteiger partial charge in [-0.2, -0.15) is 0 Å². The lowest BCUT2D eigenvalue weighted by atomic mass is 10.1. The van der Waals surface area contributed by atoms with Crippen molar-refractivity contribution in [3.05, 3.63) is 0 Å². The largest absolute Gasteiger partial charge is 0.380 e. The first-order valence-electron chi connectivity index (χ1n) is 6.20. The number of hydrogen-bond acceptors (Lipinski definition) is 2. The predicted octanol–water partition coefficient (Wildman–Crippen LogP) is 6.12. The number of unbranched alkanes of at least 4 members (excludes halogenated alkanes) is 8. The minimum atomic E-state index is -3.30. The van der Waals surface area contributed by atoms with Gasteiger partial charge in [0, 0.05) is 0 Å². The molecule has 0 rings (SSSR count). The molecule has 5 heteroatoms. The van der Waals surface area contributed by atoms with Crippen LogP contribution in [0.2, 0.25) is 0 Å². The highest BCUT2D eigenvalue weighted by atomic mass is 35.9. The van der Waals surface area contributed by atoms with E-state index in [1.54, 1.807) is 0 Å². The smallest absolute Gasteiger partial charge is 0.306 e. The topological polar surface area (TPSA) is 26.3 Å². The summed E-state index contributed by atoms with van der Waals surface area (Å²) in [5.74, 6) is 0. The van der Waals surface area contributed by atoms with Crippen molar-refractivity contribution in [3.63, 3.8) is 0 Å². The van der Waals surface area contributed by atoms with Gasteiger partial charge in [0.1, 0.15) is 0 Å². The van der Waals surface area contributed by atoms with Crippen molar-refractivity contribution >= 4 is 28.6 Å². The van der Waals surface area contributed by atoms with Gasteiger partial charge in [0.05, 0.1) is 6.61 Å². The third-order valence-electron chi connectivity index (χ3n) is 2.49. The molecule has 0 fully saturated rings. The molecule has 16 heavy (non-hydrogen) atoms. The monoisotopic (exact) mass is 288 g/mol. The fourth-order valence-electron chi connectivity index (χ4n) is 1.58. The molecule has 0 amide bonds. The Morgan fingerprint density at radius 1 is 0.875 bits per heavy atom. The maximum Gasteiger partial charge on any atom is 0.380 e. The Morgan fingerprint density at radius 2 is 1.31 bits per heavy atom. The summed E-state index contributed by atoms with van der Waals surface area (Å²) in [6.45, 7) is 2.63. The van der Waals surface area contributed by atoms with E-state index < -0.39 is 6.07 Å². The van der Waals surface area contributed by atoms with Gasteiger partial charge in [-0.1, -0.05) is 58.3 Å². The van der Waals surface area contributed by atoms with Gasteiger partial charge in [-0.15, -0.1) is 0 Å². The number of halogens is 2. The van der Waals surface area contributed by atoms with Gasteiger partial charge in [-0.3, -0.25) is 4.57 Å². The van der Waals surface area contributed by atoms with Crippen molar-refractivity contribution in [2.45, 2.75) is 64.7 Å². The van der Waals surface area contributed by atoms with Crippen LogP contribution < -0.4 is 0 Å². The van der Waals surface area contributed by atoms with E-state index in [-0.39, 0.29) is 0 Å². The van der Waals surface area contributed by atoms with Crippen molar-refractivity contribution in [2.24, 2.45) is 0 Å². The molecule has 0 saturated carbocycles. The van der Waals surface area contributed by atoms with Crippen LogP contribution >= 0.6 is 28.6 Å². The number of hydrogen-bond donors (Lipinski definition) is 0. The first kappa shape index (κ1) is 16.8. The molecular formula is C11H23Cl2O2P. The van der Waals surface area contributed by atoms with E-state index >= 15 is 0 Å². The third-order valence-corrected chi connectivity index (χ3v) is 3.56. The fraction of sp³-hybridized carbons (Fsp3) is 1.00. The molecule has 0 aliphatic heterocycles. The second-order valence-electron chi connectivity index (χ2n) is 4.08. The lowest BCUT2D eigenvalue weighted by molar-refractivity contribution is 0.320. The summed E-state index contributed by atoms with van der Waals surface area (Å²) in [5.41, 5.74) is 0. The van der Waals surface area contributed by atoms with E-state index in [0.29, 0.717) is 6.61 Å². The van der Waals surface area contributed by atoms with E-state index in [9.17, 15) is 4.57 Å². The van der Waals surface area contributed by atoms with Gasteiger partial charge in [0.2, 0.25) is 0 Å². The highest BCUT2D eigenvalue weighted by molar-refractivity contribution is 8.05. The minimum absolute atomic E-state index is 0.403. The van der Waals surface area contributed by atoms with E-state index in [4.69, 9.17) is 27.0 Å². The highest BCUT2D eigenvalue weighted by Gasteiger charge is 2.12. The van der Waals surface area contributed by atoms with Crippen LogP contribution in [0.15, 0.2) is 0 Å². The zero-order valence-corrected chi connectivity index (χ0v) is 12.5. The van der Waals surface area contributed by atoms with Crippen molar-refractivity contribution in [3.8, 4) is 0 Å². The average molecular weight is 289 g/mol. The normalized spacial score (nSPS) is 11.9. The number of rotatable bonds is 11. The van der Waals surface area contributed by atoms with Crippen molar-refractivity contribution < 1.29 is 9.09 Å². The first-order chi connectivity index (χ1) is 7.56. The Morgan fingerprint density at radius 3 is 1.75 bits per heavy atom. The van der Waals surface area contributed by atoms with Crippen LogP contribution in [-0.2, 0) is 9.09 Å². The zero-order chi connectivity index (χ0) is 12.3. The van der Waals surface area contributed by atoms with Gasteiger partial charge >= 0.3 is 6.07 Å². The molecule has 0 unspecified atom stereocenters. The van der Waals surface area contributed by atoms with E-state index in [0.717, 1.165) is 12.8 Å². The first-order valence-corrected chi connectivity index (χ1v) is 9.63. The van der Waals surface area contributed by atoms with Crippen LogP contribution in [-0.4, -0.2) is 6.61 Å². The zero-order valence-electron chi connectivity index (χ0n) is 10.1. The second kappa shape index (κ2) is 10.9. The molecule has 0 aromatic heterocycles. The molecular weight excluding hydrogens is 266 g/mol. The van der Waals surface area contributed by atoms with Crippen LogP contribution in [0, 0.1) is 0 Å². The van der Waals surface area contributed by atoms with Crippen molar-refractivity contribution in [2.75, 3.05) is 6.61 Å². The summed E-state index contributed by atoms with van der Waals surface area (Å²) in [6, 6.07) is 0. The standard InChI is InChI=1S/C11H23Cl2O2P/c1-2-3-4-5-6-7-8-9-10-11-15-16(12,13)14/h2-11H2,1H3. The molecule has 0 aromatic rings. The molecule has 0 heterocycles. The van der Waals surface area contributed by atoms with Crippen LogP contribution in [0.1, 0.15) is 64.7 Å². The molecule has 0 atom stereocenters. The molecule has 0 radical (unpaired) electrons. The second-order valence-corrected chi connectivity index (χ2v) is 8.35. The average Bonchev–Trinajstić information content (AvgIpc) is 2.19. The highest BCUT2D eigenvalue weighted by Crippen LogP contribution is 2.57. The molecule has 2 nitrogen and oxygen atoms in total. The van der Waals surface area contributed by atoms with E-state index in [1.165, 1.54) is 44.9 Å². The molecule has 0 aliphatic carbocycles. The quantitative estimate of drug-likeness (QED) is 0.338. The summed E-state index contributed by atoms with van der Waals surface area (Å²) in [5, 5.41) is 0. The molecule has 0 spiro atoms. The molecule has 0 bridgehead atoms. The lowest BCUT2D eigenvalue weighted by Crippen LogP contribution is -1.88. The Labute approximate surface area is 109 Å².